The van der Waals surface area contributed by atoms with Gasteiger partial charge in [-0.05, 0) is 20.3 Å². The number of imidazole rings is 1. The first-order valence-electron chi connectivity index (χ1n) is 5.77. The molecule has 0 spiro atoms. The highest BCUT2D eigenvalue weighted by molar-refractivity contribution is 7.84. The highest BCUT2D eigenvalue weighted by Gasteiger charge is 2.19. The molecule has 0 aliphatic heterocycles. The second kappa shape index (κ2) is 6.53. The average Bonchev–Trinajstić information content (AvgIpc) is 2.56. The summed E-state index contributed by atoms with van der Waals surface area (Å²) in [6.45, 7) is 4.40. The van der Waals surface area contributed by atoms with Crippen molar-refractivity contribution in [1.82, 2.24) is 9.55 Å². The van der Waals surface area contributed by atoms with Crippen molar-refractivity contribution >= 4 is 22.6 Å². The van der Waals surface area contributed by atoms with E-state index in [1.54, 1.807) is 24.7 Å². The van der Waals surface area contributed by atoms with Crippen LogP contribution in [0.5, 0.6) is 0 Å². The molecule has 0 aliphatic carbocycles. The molecule has 0 amide bonds. The van der Waals surface area contributed by atoms with Gasteiger partial charge in [-0.15, -0.1) is 0 Å². The largest absolute Gasteiger partial charge is 0.461 e. The number of nitrogens with two attached hydrogens (primary N) is 1. The number of aryl methyl sites for hydroxylation is 1. The number of rotatable bonds is 6. The number of hydrogen-bond acceptors (Lipinski definition) is 5. The van der Waals surface area contributed by atoms with Gasteiger partial charge in [0.25, 0.3) is 0 Å². The van der Waals surface area contributed by atoms with Gasteiger partial charge in [-0.25, -0.2) is 9.78 Å². The molecule has 0 bridgehead atoms. The number of esters is 1. The summed E-state index contributed by atoms with van der Waals surface area (Å²) in [6, 6.07) is 0. The van der Waals surface area contributed by atoms with Crippen LogP contribution >= 0.6 is 0 Å². The number of nitrogen functional groups attached to an aromatic ring is 1. The molecule has 1 atom stereocenters. The summed E-state index contributed by atoms with van der Waals surface area (Å²) < 4.78 is 17.6. The molecule has 7 heteroatoms. The van der Waals surface area contributed by atoms with Gasteiger partial charge in [0.1, 0.15) is 11.6 Å². The number of ether oxygens (including phenoxy) is 1. The van der Waals surface area contributed by atoms with E-state index >= 15 is 0 Å². The molecule has 1 rings (SSSR count). The quantitative estimate of drug-likeness (QED) is 0.772. The fourth-order valence-corrected chi connectivity index (χ4v) is 2.18. The van der Waals surface area contributed by atoms with Crippen LogP contribution in [0, 0.1) is 6.92 Å². The summed E-state index contributed by atoms with van der Waals surface area (Å²) in [5, 5.41) is 0. The normalized spacial score (nSPS) is 12.4. The first-order chi connectivity index (χ1) is 8.47. The Balaban J connectivity index is 2.80. The molecule has 1 aromatic rings. The Bertz CT molecular complexity index is 457. The molecule has 1 aromatic heterocycles. The summed E-state index contributed by atoms with van der Waals surface area (Å²) in [7, 11) is -0.824. The molecule has 6 nitrogen and oxygen atoms in total. The van der Waals surface area contributed by atoms with Crippen LogP contribution in [0.25, 0.3) is 0 Å². The third-order valence-electron chi connectivity index (χ3n) is 2.48. The van der Waals surface area contributed by atoms with Crippen LogP contribution < -0.4 is 5.73 Å². The first kappa shape index (κ1) is 14.7. The number of hydrogen-bond donors (Lipinski definition) is 1. The van der Waals surface area contributed by atoms with Crippen molar-refractivity contribution < 1.29 is 13.7 Å². The zero-order valence-electron chi connectivity index (χ0n) is 10.9. The number of anilines is 1. The van der Waals surface area contributed by atoms with E-state index in [0.29, 0.717) is 30.5 Å². The molecule has 1 heterocycles. The maximum Gasteiger partial charge on any atom is 0.360 e. The topological polar surface area (TPSA) is 87.2 Å². The Morgan fingerprint density at radius 3 is 2.78 bits per heavy atom. The highest BCUT2D eigenvalue weighted by atomic mass is 32.2. The van der Waals surface area contributed by atoms with Crippen molar-refractivity contribution in [3.63, 3.8) is 0 Å². The fourth-order valence-electron chi connectivity index (χ4n) is 1.64. The average molecular weight is 273 g/mol. The van der Waals surface area contributed by atoms with Crippen molar-refractivity contribution in [2.45, 2.75) is 26.8 Å². The lowest BCUT2D eigenvalue weighted by Gasteiger charge is -2.06. The number of aromatic nitrogens is 2. The van der Waals surface area contributed by atoms with Crippen LogP contribution in [-0.4, -0.2) is 38.3 Å². The van der Waals surface area contributed by atoms with Gasteiger partial charge in [0.2, 0.25) is 0 Å². The summed E-state index contributed by atoms with van der Waals surface area (Å²) in [4.78, 5) is 15.7. The van der Waals surface area contributed by atoms with E-state index in [9.17, 15) is 9.00 Å². The zero-order chi connectivity index (χ0) is 13.7. The van der Waals surface area contributed by atoms with Crippen LogP contribution in [0.1, 0.15) is 29.7 Å². The zero-order valence-corrected chi connectivity index (χ0v) is 11.7. The lowest BCUT2D eigenvalue weighted by molar-refractivity contribution is 0.0521. The van der Waals surface area contributed by atoms with Crippen molar-refractivity contribution in [2.24, 2.45) is 0 Å². The molecule has 2 N–H and O–H groups in total. The molecule has 0 saturated carbocycles. The van der Waals surface area contributed by atoms with E-state index in [2.05, 4.69) is 4.98 Å². The summed E-state index contributed by atoms with van der Waals surface area (Å²) in [5.41, 5.74) is 6.04. The van der Waals surface area contributed by atoms with E-state index < -0.39 is 16.8 Å². The minimum Gasteiger partial charge on any atom is -0.461 e. The predicted octanol–water partition coefficient (Wildman–Crippen LogP) is 0.719. The monoisotopic (exact) mass is 273 g/mol. The first-order valence-corrected chi connectivity index (χ1v) is 7.49. The van der Waals surface area contributed by atoms with Gasteiger partial charge < -0.3 is 15.0 Å². The van der Waals surface area contributed by atoms with Crippen molar-refractivity contribution in [1.29, 1.82) is 0 Å². The van der Waals surface area contributed by atoms with Gasteiger partial charge in [0.15, 0.2) is 5.69 Å². The van der Waals surface area contributed by atoms with E-state index in [-0.39, 0.29) is 5.69 Å². The third-order valence-corrected chi connectivity index (χ3v) is 3.34. The fraction of sp³-hybridized carbons (Fsp3) is 0.636. The molecule has 0 aliphatic rings. The van der Waals surface area contributed by atoms with E-state index in [1.165, 1.54) is 0 Å². The Morgan fingerprint density at radius 1 is 1.56 bits per heavy atom. The predicted molar refractivity (Wildman–Crippen MR) is 70.9 cm³/mol. The second-order valence-corrected chi connectivity index (χ2v) is 5.45. The molecule has 0 radical (unpaired) electrons. The van der Waals surface area contributed by atoms with Crippen LogP contribution in [0.3, 0.4) is 0 Å². The van der Waals surface area contributed by atoms with E-state index in [1.807, 2.05) is 0 Å². The Labute approximate surface area is 109 Å². The highest BCUT2D eigenvalue weighted by Crippen LogP contribution is 2.15. The third kappa shape index (κ3) is 3.56. The number of carbonyl (C=O) groups is 1. The van der Waals surface area contributed by atoms with Gasteiger partial charge in [0.05, 0.1) is 6.61 Å². The minimum absolute atomic E-state index is 0.159. The van der Waals surface area contributed by atoms with Crippen molar-refractivity contribution in [3.8, 4) is 0 Å². The lowest BCUT2D eigenvalue weighted by Crippen LogP contribution is -2.11. The number of nitrogens with zero attached hydrogens (tertiary/aromatic N) is 2. The summed E-state index contributed by atoms with van der Waals surface area (Å²) >= 11 is 0. The minimum atomic E-state index is -0.824. The molecule has 18 heavy (non-hydrogen) atoms. The van der Waals surface area contributed by atoms with Gasteiger partial charge in [-0.1, -0.05) is 0 Å². The standard InChI is InChI=1S/C11H19N3O3S/c1-4-17-11(15)9-10(12)14(8(2)13-9)6-5-7-18(3)16/h4-7,12H2,1-3H3. The maximum atomic E-state index is 11.6. The molecule has 0 aromatic carbocycles. The summed E-state index contributed by atoms with van der Waals surface area (Å²) in [6.07, 6.45) is 2.39. The van der Waals surface area contributed by atoms with Crippen molar-refractivity contribution in [2.75, 3.05) is 24.3 Å². The summed E-state index contributed by atoms with van der Waals surface area (Å²) in [5.74, 6) is 1.08. The molecular formula is C11H19N3O3S. The van der Waals surface area contributed by atoms with E-state index in [4.69, 9.17) is 10.5 Å². The molecule has 102 valence electrons. The Kier molecular flexibility index (Phi) is 5.33. The lowest BCUT2D eigenvalue weighted by atomic mass is 10.4. The molecule has 1 unspecified atom stereocenters. The van der Waals surface area contributed by atoms with Gasteiger partial charge >= 0.3 is 5.97 Å². The molecule has 0 saturated heterocycles. The Morgan fingerprint density at radius 2 is 2.22 bits per heavy atom. The van der Waals surface area contributed by atoms with Crippen molar-refractivity contribution in [3.05, 3.63) is 11.5 Å². The smallest absolute Gasteiger partial charge is 0.360 e. The Hall–Kier alpha value is -1.37. The van der Waals surface area contributed by atoms with Gasteiger partial charge in [-0.2, -0.15) is 0 Å². The number of carbonyl (C=O) groups excluding carboxylic acids is 1. The van der Waals surface area contributed by atoms with Crippen LogP contribution in [0.4, 0.5) is 5.82 Å². The van der Waals surface area contributed by atoms with Crippen LogP contribution in [0.15, 0.2) is 0 Å². The molecular weight excluding hydrogens is 254 g/mol. The van der Waals surface area contributed by atoms with Crippen LogP contribution in [-0.2, 0) is 22.1 Å². The second-order valence-electron chi connectivity index (χ2n) is 3.90. The van der Waals surface area contributed by atoms with E-state index in [0.717, 1.165) is 6.42 Å². The van der Waals surface area contributed by atoms with Gasteiger partial charge in [0, 0.05) is 29.4 Å². The SMILES string of the molecule is CCOC(=O)c1nc(C)n(CCCS(C)=O)c1N. The molecule has 0 fully saturated rings. The van der Waals surface area contributed by atoms with Crippen LogP contribution in [0.2, 0.25) is 0 Å². The maximum absolute atomic E-state index is 11.6. The van der Waals surface area contributed by atoms with Gasteiger partial charge in [-0.3, -0.25) is 4.21 Å².